The zero-order valence-electron chi connectivity index (χ0n) is 9.48. The maximum absolute atomic E-state index is 5.49. The van der Waals surface area contributed by atoms with Crippen LogP contribution >= 0.6 is 0 Å². The van der Waals surface area contributed by atoms with Gasteiger partial charge in [-0.3, -0.25) is 0 Å². The van der Waals surface area contributed by atoms with Gasteiger partial charge in [-0.25, -0.2) is 0 Å². The van der Waals surface area contributed by atoms with Gasteiger partial charge in [0.15, 0.2) is 5.82 Å². The van der Waals surface area contributed by atoms with E-state index in [0.717, 1.165) is 11.5 Å². The third kappa shape index (κ3) is 2.06. The molecular formula is C13H14N4. The summed E-state index contributed by atoms with van der Waals surface area (Å²) in [6, 6.07) is 10.0. The molecule has 0 saturated carbocycles. The molecule has 0 atom stereocenters. The molecule has 1 aromatic heterocycles. The van der Waals surface area contributed by atoms with Crippen molar-refractivity contribution in [2.24, 2.45) is 0 Å². The van der Waals surface area contributed by atoms with Crippen molar-refractivity contribution in [2.75, 3.05) is 11.1 Å². The third-order valence-corrected chi connectivity index (χ3v) is 3.06. The lowest BCUT2D eigenvalue weighted by Crippen LogP contribution is -1.98. The van der Waals surface area contributed by atoms with Crippen LogP contribution in [-0.4, -0.2) is 10.2 Å². The minimum Gasteiger partial charge on any atom is -0.382 e. The van der Waals surface area contributed by atoms with E-state index in [1.807, 2.05) is 6.07 Å². The van der Waals surface area contributed by atoms with Crippen molar-refractivity contribution in [1.29, 1.82) is 0 Å². The molecule has 1 aromatic carbocycles. The van der Waals surface area contributed by atoms with Crippen LogP contribution in [0.2, 0.25) is 0 Å². The van der Waals surface area contributed by atoms with Crippen LogP contribution in [0, 0.1) is 0 Å². The Labute approximate surface area is 99.9 Å². The second-order valence-electron chi connectivity index (χ2n) is 4.31. The van der Waals surface area contributed by atoms with Gasteiger partial charge >= 0.3 is 0 Å². The molecule has 3 N–H and O–H groups in total. The molecule has 2 aromatic rings. The number of aromatic nitrogens is 2. The van der Waals surface area contributed by atoms with E-state index in [1.165, 1.54) is 30.4 Å². The Balaban J connectivity index is 1.83. The molecule has 86 valence electrons. The van der Waals surface area contributed by atoms with E-state index in [1.54, 1.807) is 6.07 Å². The minimum absolute atomic E-state index is 0.435. The topological polar surface area (TPSA) is 63.8 Å². The van der Waals surface area contributed by atoms with Gasteiger partial charge in [0, 0.05) is 5.69 Å². The Morgan fingerprint density at radius 1 is 1.00 bits per heavy atom. The fourth-order valence-corrected chi connectivity index (χ4v) is 2.21. The number of nitrogen functional groups attached to an aromatic ring is 1. The highest BCUT2D eigenvalue weighted by molar-refractivity contribution is 5.58. The molecule has 0 radical (unpaired) electrons. The molecule has 0 amide bonds. The van der Waals surface area contributed by atoms with E-state index in [9.17, 15) is 0 Å². The molecule has 0 spiro atoms. The highest BCUT2D eigenvalue weighted by Crippen LogP contribution is 2.26. The van der Waals surface area contributed by atoms with Crippen LogP contribution in [0.3, 0.4) is 0 Å². The fourth-order valence-electron chi connectivity index (χ4n) is 2.21. The largest absolute Gasteiger partial charge is 0.382 e. The number of fused-ring (bicyclic) bond motifs is 1. The Hall–Kier alpha value is -2.10. The highest BCUT2D eigenvalue weighted by Gasteiger charge is 2.10. The number of rotatable bonds is 2. The van der Waals surface area contributed by atoms with Gasteiger partial charge in [0.25, 0.3) is 0 Å². The molecule has 0 aliphatic heterocycles. The SMILES string of the molecule is Nc1ccc(Nc2ccc3c(c2)CCC3)nn1. The van der Waals surface area contributed by atoms with E-state index in [4.69, 9.17) is 5.73 Å². The summed E-state index contributed by atoms with van der Waals surface area (Å²) < 4.78 is 0. The van der Waals surface area contributed by atoms with Gasteiger partial charge in [-0.1, -0.05) is 6.07 Å². The van der Waals surface area contributed by atoms with Crippen LogP contribution in [-0.2, 0) is 12.8 Å². The molecule has 0 unspecified atom stereocenters. The van der Waals surface area contributed by atoms with Gasteiger partial charge in [-0.05, 0) is 54.7 Å². The van der Waals surface area contributed by atoms with E-state index < -0.39 is 0 Å². The Morgan fingerprint density at radius 2 is 1.88 bits per heavy atom. The van der Waals surface area contributed by atoms with Crippen LogP contribution in [0.4, 0.5) is 17.3 Å². The van der Waals surface area contributed by atoms with E-state index in [0.29, 0.717) is 5.82 Å². The lowest BCUT2D eigenvalue weighted by molar-refractivity contribution is 0.912. The van der Waals surface area contributed by atoms with Gasteiger partial charge in [-0.2, -0.15) is 0 Å². The average molecular weight is 226 g/mol. The summed E-state index contributed by atoms with van der Waals surface area (Å²) in [7, 11) is 0. The molecule has 1 heterocycles. The zero-order chi connectivity index (χ0) is 11.7. The number of nitrogens with zero attached hydrogens (tertiary/aromatic N) is 2. The van der Waals surface area contributed by atoms with Gasteiger partial charge < -0.3 is 11.1 Å². The zero-order valence-corrected chi connectivity index (χ0v) is 9.48. The number of aryl methyl sites for hydroxylation is 2. The van der Waals surface area contributed by atoms with Crippen LogP contribution in [0.1, 0.15) is 17.5 Å². The van der Waals surface area contributed by atoms with Crippen molar-refractivity contribution in [3.63, 3.8) is 0 Å². The number of nitrogens with two attached hydrogens (primary N) is 1. The molecule has 0 bridgehead atoms. The molecule has 3 rings (SSSR count). The van der Waals surface area contributed by atoms with Crippen LogP contribution in [0.5, 0.6) is 0 Å². The maximum Gasteiger partial charge on any atom is 0.153 e. The molecule has 1 aliphatic carbocycles. The van der Waals surface area contributed by atoms with Crippen molar-refractivity contribution in [1.82, 2.24) is 10.2 Å². The number of benzene rings is 1. The molecule has 0 fully saturated rings. The normalized spacial score (nSPS) is 13.4. The summed E-state index contributed by atoms with van der Waals surface area (Å²) >= 11 is 0. The Morgan fingerprint density at radius 3 is 2.71 bits per heavy atom. The first-order valence-corrected chi connectivity index (χ1v) is 5.79. The van der Waals surface area contributed by atoms with Crippen molar-refractivity contribution >= 4 is 17.3 Å². The van der Waals surface area contributed by atoms with Crippen molar-refractivity contribution in [2.45, 2.75) is 19.3 Å². The lowest BCUT2D eigenvalue weighted by atomic mass is 10.1. The van der Waals surface area contributed by atoms with E-state index >= 15 is 0 Å². The number of hydrogen-bond donors (Lipinski definition) is 2. The highest BCUT2D eigenvalue weighted by atomic mass is 15.2. The number of anilines is 3. The first-order chi connectivity index (χ1) is 8.31. The standard InChI is InChI=1S/C13H14N4/c14-12-6-7-13(17-16-12)15-11-5-4-9-2-1-3-10(9)8-11/h4-8H,1-3H2,(H2,14,16)(H,15,17). The van der Waals surface area contributed by atoms with Gasteiger partial charge in [-0.15, -0.1) is 10.2 Å². The summed E-state index contributed by atoms with van der Waals surface area (Å²) in [6.07, 6.45) is 3.65. The number of nitrogens with one attached hydrogen (secondary N) is 1. The van der Waals surface area contributed by atoms with E-state index in [-0.39, 0.29) is 0 Å². The molecule has 4 heteroatoms. The summed E-state index contributed by atoms with van der Waals surface area (Å²) in [4.78, 5) is 0. The minimum atomic E-state index is 0.435. The third-order valence-electron chi connectivity index (χ3n) is 3.06. The Bertz CT molecular complexity index is 534. The Kier molecular flexibility index (Phi) is 2.40. The predicted molar refractivity (Wildman–Crippen MR) is 68.2 cm³/mol. The van der Waals surface area contributed by atoms with Crippen LogP contribution in [0.15, 0.2) is 30.3 Å². The molecule has 0 saturated heterocycles. The molecule has 4 nitrogen and oxygen atoms in total. The molecular weight excluding hydrogens is 212 g/mol. The van der Waals surface area contributed by atoms with Crippen molar-refractivity contribution in [3.8, 4) is 0 Å². The lowest BCUT2D eigenvalue weighted by Gasteiger charge is -2.07. The predicted octanol–water partition coefficient (Wildman–Crippen LogP) is 2.29. The average Bonchev–Trinajstić information content (AvgIpc) is 2.79. The van der Waals surface area contributed by atoms with Crippen LogP contribution in [0.25, 0.3) is 0 Å². The molecule has 1 aliphatic rings. The first kappa shape index (κ1) is 10.1. The second kappa shape index (κ2) is 4.05. The maximum atomic E-state index is 5.49. The first-order valence-electron chi connectivity index (χ1n) is 5.79. The van der Waals surface area contributed by atoms with Crippen molar-refractivity contribution in [3.05, 3.63) is 41.5 Å². The summed E-state index contributed by atoms with van der Waals surface area (Å²) in [5.74, 6) is 1.15. The fraction of sp³-hybridized carbons (Fsp3) is 0.231. The van der Waals surface area contributed by atoms with Gasteiger partial charge in [0.05, 0.1) is 0 Å². The molecule has 17 heavy (non-hydrogen) atoms. The smallest absolute Gasteiger partial charge is 0.153 e. The quantitative estimate of drug-likeness (QED) is 0.824. The summed E-state index contributed by atoms with van der Waals surface area (Å²) in [5.41, 5.74) is 9.47. The second-order valence-corrected chi connectivity index (χ2v) is 4.31. The summed E-state index contributed by atoms with van der Waals surface area (Å²) in [5, 5.41) is 11.0. The summed E-state index contributed by atoms with van der Waals surface area (Å²) in [6.45, 7) is 0. The van der Waals surface area contributed by atoms with Gasteiger partial charge in [0.2, 0.25) is 0 Å². The number of hydrogen-bond acceptors (Lipinski definition) is 4. The van der Waals surface area contributed by atoms with Gasteiger partial charge in [0.1, 0.15) is 5.82 Å². The van der Waals surface area contributed by atoms with Crippen molar-refractivity contribution < 1.29 is 0 Å². The van der Waals surface area contributed by atoms with E-state index in [2.05, 4.69) is 33.7 Å². The van der Waals surface area contributed by atoms with Crippen LogP contribution < -0.4 is 11.1 Å². The monoisotopic (exact) mass is 226 g/mol.